The maximum atomic E-state index is 11.9. The van der Waals surface area contributed by atoms with Crippen LogP contribution in [-0.4, -0.2) is 19.9 Å². The topological polar surface area (TPSA) is 60.2 Å². The summed E-state index contributed by atoms with van der Waals surface area (Å²) >= 11 is 2.80. The van der Waals surface area contributed by atoms with Gasteiger partial charge in [-0.15, -0.1) is 23.1 Å². The molecule has 0 aliphatic rings. The maximum Gasteiger partial charge on any atom is 0.184 e. The van der Waals surface area contributed by atoms with Gasteiger partial charge in [0.25, 0.3) is 0 Å². The van der Waals surface area contributed by atoms with E-state index in [1.165, 1.54) is 23.1 Å². The van der Waals surface area contributed by atoms with Crippen LogP contribution in [0.5, 0.6) is 0 Å². The number of nitrogens with two attached hydrogens (primary N) is 1. The van der Waals surface area contributed by atoms with Crippen LogP contribution in [0.2, 0.25) is 0 Å². The van der Waals surface area contributed by atoms with Crippen molar-refractivity contribution in [3.8, 4) is 0 Å². The predicted molar refractivity (Wildman–Crippen MR) is 62.8 cm³/mol. The SMILES string of the molecule is CSc1scc(N)c1S(=O)(=O)C(C)C. The van der Waals surface area contributed by atoms with E-state index in [1.807, 2.05) is 6.26 Å². The summed E-state index contributed by atoms with van der Waals surface area (Å²) in [6.45, 7) is 3.33. The van der Waals surface area contributed by atoms with Crippen LogP contribution in [0.3, 0.4) is 0 Å². The minimum absolute atomic E-state index is 0.310. The molecular weight excluding hydrogens is 238 g/mol. The Labute approximate surface area is 92.6 Å². The highest BCUT2D eigenvalue weighted by Crippen LogP contribution is 2.37. The lowest BCUT2D eigenvalue weighted by Gasteiger charge is -2.08. The molecule has 0 unspecified atom stereocenters. The maximum absolute atomic E-state index is 11.9. The number of nitrogen functional groups attached to an aromatic ring is 1. The quantitative estimate of drug-likeness (QED) is 0.837. The zero-order valence-corrected chi connectivity index (χ0v) is 10.7. The van der Waals surface area contributed by atoms with Gasteiger partial charge in [0.05, 0.1) is 15.1 Å². The Morgan fingerprint density at radius 2 is 2.07 bits per heavy atom. The zero-order chi connectivity index (χ0) is 10.9. The Morgan fingerprint density at radius 3 is 2.50 bits per heavy atom. The Kier molecular flexibility index (Phi) is 3.49. The number of thioether (sulfide) groups is 1. The van der Waals surface area contributed by atoms with Crippen molar-refractivity contribution in [2.45, 2.75) is 28.2 Å². The predicted octanol–water partition coefficient (Wildman–Crippen LogP) is 2.23. The molecule has 0 radical (unpaired) electrons. The molecule has 1 heterocycles. The Bertz CT molecular complexity index is 420. The van der Waals surface area contributed by atoms with E-state index in [2.05, 4.69) is 0 Å². The standard InChI is InChI=1S/C8H13NO2S3/c1-5(2)14(10,11)7-6(9)4-13-8(7)12-3/h4-5H,9H2,1-3H3. The first kappa shape index (κ1) is 11.9. The number of thiophene rings is 1. The molecule has 6 heteroatoms. The second-order valence-corrected chi connectivity index (χ2v) is 7.50. The summed E-state index contributed by atoms with van der Waals surface area (Å²) in [4.78, 5) is 0.310. The van der Waals surface area contributed by atoms with Gasteiger partial charge in [-0.1, -0.05) is 0 Å². The second-order valence-electron chi connectivity index (χ2n) is 3.11. The molecule has 0 saturated heterocycles. The van der Waals surface area contributed by atoms with Crippen molar-refractivity contribution in [3.05, 3.63) is 5.38 Å². The lowest BCUT2D eigenvalue weighted by atomic mass is 10.5. The summed E-state index contributed by atoms with van der Waals surface area (Å²) in [6.07, 6.45) is 1.85. The first-order chi connectivity index (χ1) is 6.41. The lowest BCUT2D eigenvalue weighted by molar-refractivity contribution is 0.586. The monoisotopic (exact) mass is 251 g/mol. The Balaban J connectivity index is 3.38. The van der Waals surface area contributed by atoms with E-state index in [4.69, 9.17) is 5.73 Å². The second kappa shape index (κ2) is 4.12. The lowest BCUT2D eigenvalue weighted by Crippen LogP contribution is -2.15. The van der Waals surface area contributed by atoms with Gasteiger partial charge in [0, 0.05) is 5.38 Å². The third-order valence-corrected chi connectivity index (χ3v) is 6.49. The third-order valence-electron chi connectivity index (χ3n) is 1.83. The molecule has 0 aliphatic carbocycles. The highest BCUT2D eigenvalue weighted by atomic mass is 32.2. The normalized spacial score (nSPS) is 12.3. The molecule has 0 saturated carbocycles. The van der Waals surface area contributed by atoms with E-state index in [1.54, 1.807) is 19.2 Å². The fourth-order valence-electron chi connectivity index (χ4n) is 0.999. The number of sulfone groups is 1. The van der Waals surface area contributed by atoms with Gasteiger partial charge < -0.3 is 5.73 Å². The summed E-state index contributed by atoms with van der Waals surface area (Å²) in [5.74, 6) is 0. The van der Waals surface area contributed by atoms with Crippen molar-refractivity contribution < 1.29 is 8.42 Å². The fraction of sp³-hybridized carbons (Fsp3) is 0.500. The molecule has 1 aromatic heterocycles. The van der Waals surface area contributed by atoms with Crippen molar-refractivity contribution in [1.82, 2.24) is 0 Å². The number of rotatable bonds is 3. The van der Waals surface area contributed by atoms with E-state index in [0.717, 1.165) is 4.21 Å². The van der Waals surface area contributed by atoms with E-state index >= 15 is 0 Å². The number of anilines is 1. The molecule has 2 N–H and O–H groups in total. The van der Waals surface area contributed by atoms with Crippen LogP contribution < -0.4 is 5.73 Å². The molecule has 0 spiro atoms. The highest BCUT2D eigenvalue weighted by Gasteiger charge is 2.26. The summed E-state index contributed by atoms with van der Waals surface area (Å²) in [5.41, 5.74) is 6.03. The largest absolute Gasteiger partial charge is 0.397 e. The molecule has 80 valence electrons. The molecule has 0 fully saturated rings. The van der Waals surface area contributed by atoms with Crippen LogP contribution in [0.15, 0.2) is 14.5 Å². The van der Waals surface area contributed by atoms with E-state index in [-0.39, 0.29) is 0 Å². The first-order valence-electron chi connectivity index (χ1n) is 4.06. The van der Waals surface area contributed by atoms with Crippen LogP contribution in [0.25, 0.3) is 0 Å². The van der Waals surface area contributed by atoms with Crippen molar-refractivity contribution in [2.75, 3.05) is 12.0 Å². The van der Waals surface area contributed by atoms with Gasteiger partial charge >= 0.3 is 0 Å². The molecule has 0 bridgehead atoms. The van der Waals surface area contributed by atoms with E-state index in [0.29, 0.717) is 10.6 Å². The van der Waals surface area contributed by atoms with E-state index in [9.17, 15) is 8.42 Å². The van der Waals surface area contributed by atoms with Crippen LogP contribution >= 0.6 is 23.1 Å². The van der Waals surface area contributed by atoms with Gasteiger partial charge in [0.1, 0.15) is 4.90 Å². The molecule has 3 nitrogen and oxygen atoms in total. The number of hydrogen-bond acceptors (Lipinski definition) is 5. The van der Waals surface area contributed by atoms with Crippen LogP contribution in [-0.2, 0) is 9.84 Å². The Hall–Kier alpha value is -0.200. The highest BCUT2D eigenvalue weighted by molar-refractivity contribution is 8.01. The van der Waals surface area contributed by atoms with Gasteiger partial charge in [-0.25, -0.2) is 8.42 Å². The average molecular weight is 251 g/mol. The molecule has 0 aromatic carbocycles. The summed E-state index contributed by atoms with van der Waals surface area (Å²) < 4.78 is 24.6. The summed E-state index contributed by atoms with van der Waals surface area (Å²) in [7, 11) is -3.24. The van der Waals surface area contributed by atoms with Gasteiger partial charge in [-0.05, 0) is 20.1 Å². The summed E-state index contributed by atoms with van der Waals surface area (Å²) in [5, 5.41) is 1.26. The van der Waals surface area contributed by atoms with Gasteiger partial charge in [0.2, 0.25) is 0 Å². The van der Waals surface area contributed by atoms with Gasteiger partial charge in [-0.3, -0.25) is 0 Å². The van der Waals surface area contributed by atoms with Crippen LogP contribution in [0.1, 0.15) is 13.8 Å². The van der Waals surface area contributed by atoms with Crippen molar-refractivity contribution >= 4 is 38.6 Å². The summed E-state index contributed by atoms with van der Waals surface area (Å²) in [6, 6.07) is 0. The van der Waals surface area contributed by atoms with E-state index < -0.39 is 15.1 Å². The minimum atomic E-state index is -3.24. The molecule has 1 aromatic rings. The molecular formula is C8H13NO2S3. The minimum Gasteiger partial charge on any atom is -0.397 e. The molecule has 1 rings (SSSR count). The fourth-order valence-corrected chi connectivity index (χ4v) is 4.67. The zero-order valence-electron chi connectivity index (χ0n) is 8.27. The average Bonchev–Trinajstić information content (AvgIpc) is 2.46. The van der Waals surface area contributed by atoms with Crippen molar-refractivity contribution in [1.29, 1.82) is 0 Å². The van der Waals surface area contributed by atoms with Gasteiger partial charge in [0.15, 0.2) is 9.84 Å². The Morgan fingerprint density at radius 1 is 1.50 bits per heavy atom. The molecule has 0 amide bonds. The molecule has 14 heavy (non-hydrogen) atoms. The molecule has 0 aliphatic heterocycles. The molecule has 0 atom stereocenters. The number of hydrogen-bond donors (Lipinski definition) is 1. The first-order valence-corrected chi connectivity index (χ1v) is 7.71. The van der Waals surface area contributed by atoms with Gasteiger partial charge in [-0.2, -0.15) is 0 Å². The van der Waals surface area contributed by atoms with Crippen molar-refractivity contribution in [2.24, 2.45) is 0 Å². The third kappa shape index (κ3) is 1.92. The van der Waals surface area contributed by atoms with Crippen molar-refractivity contribution in [3.63, 3.8) is 0 Å². The van der Waals surface area contributed by atoms with Crippen LogP contribution in [0.4, 0.5) is 5.69 Å². The smallest absolute Gasteiger partial charge is 0.184 e. The van der Waals surface area contributed by atoms with Crippen LogP contribution in [0, 0.1) is 0 Å².